The van der Waals surface area contributed by atoms with Crippen LogP contribution in [0.5, 0.6) is 11.5 Å². The highest BCUT2D eigenvalue weighted by atomic mass is 32.2. The smallest absolute Gasteiger partial charge is 0.273 e. The molecule has 2 aromatic heterocycles. The van der Waals surface area contributed by atoms with Gasteiger partial charge in [-0.15, -0.1) is 22.8 Å². The molecule has 0 unspecified atom stereocenters. The van der Waals surface area contributed by atoms with Gasteiger partial charge < -0.3 is 15.1 Å². The van der Waals surface area contributed by atoms with E-state index in [2.05, 4.69) is 27.8 Å². The van der Waals surface area contributed by atoms with Gasteiger partial charge in [0.1, 0.15) is 22.2 Å². The van der Waals surface area contributed by atoms with Gasteiger partial charge in [-0.1, -0.05) is 13.8 Å². The third kappa shape index (κ3) is 3.75. The number of anilines is 1. The summed E-state index contributed by atoms with van der Waals surface area (Å²) in [6, 6.07) is 5.64. The van der Waals surface area contributed by atoms with Crippen LogP contribution in [0.2, 0.25) is 0 Å². The Morgan fingerprint density at radius 2 is 1.79 bits per heavy atom. The molecule has 0 saturated carbocycles. The minimum absolute atomic E-state index is 0.0689. The van der Waals surface area contributed by atoms with Crippen molar-refractivity contribution in [3.63, 3.8) is 0 Å². The maximum absolute atomic E-state index is 13.2. The van der Waals surface area contributed by atoms with Gasteiger partial charge >= 0.3 is 0 Å². The van der Waals surface area contributed by atoms with Crippen LogP contribution in [0.4, 0.5) is 5.82 Å². The average Bonchev–Trinajstić information content (AvgIpc) is 3.03. The van der Waals surface area contributed by atoms with Gasteiger partial charge in [0, 0.05) is 26.4 Å². The summed E-state index contributed by atoms with van der Waals surface area (Å²) in [5, 5.41) is 27.9. The fourth-order valence-electron chi connectivity index (χ4n) is 2.78. The highest BCUT2D eigenvalue weighted by molar-refractivity contribution is 7.90. The second-order valence-electron chi connectivity index (χ2n) is 6.92. The average molecular weight is 436 g/mol. The van der Waals surface area contributed by atoms with Crippen molar-refractivity contribution in [2.45, 2.75) is 29.8 Å². The summed E-state index contributed by atoms with van der Waals surface area (Å²) in [7, 11) is -0.563. The van der Waals surface area contributed by atoms with Crippen LogP contribution >= 0.6 is 12.6 Å². The van der Waals surface area contributed by atoms with Gasteiger partial charge in [0.2, 0.25) is 5.16 Å². The van der Waals surface area contributed by atoms with Gasteiger partial charge in [-0.05, 0) is 29.7 Å². The van der Waals surface area contributed by atoms with Crippen molar-refractivity contribution in [1.82, 2.24) is 19.2 Å². The molecule has 0 amide bonds. The number of aromatic nitrogens is 4. The molecule has 29 heavy (non-hydrogen) atoms. The molecule has 3 rings (SSSR count). The van der Waals surface area contributed by atoms with Crippen LogP contribution in [-0.4, -0.2) is 51.9 Å². The first-order valence-electron chi connectivity index (χ1n) is 8.63. The summed E-state index contributed by atoms with van der Waals surface area (Å²) >= 11 is 4.14. The molecule has 2 N–H and O–H groups in total. The number of pyridine rings is 1. The van der Waals surface area contributed by atoms with Crippen LogP contribution in [-0.2, 0) is 10.0 Å². The zero-order valence-corrected chi connectivity index (χ0v) is 18.0. The minimum Gasteiger partial charge on any atom is -0.508 e. The SMILES string of the molecule is CC(C)c1cc(-c2nnc(S)n2S(=O)(=O)c2ccc(N(C)C)nc2)c(O)cc1O. The standard InChI is InChI=1S/C18H21N5O4S2/c1-10(2)12-7-13(15(25)8-14(12)24)17-20-21-18(28)23(17)29(26,27)11-5-6-16(19-9-11)22(3)4/h5-10,24-25H,1-4H3,(H,21,28). The van der Waals surface area contributed by atoms with Gasteiger partial charge in [-0.3, -0.25) is 0 Å². The molecule has 1 aromatic carbocycles. The van der Waals surface area contributed by atoms with E-state index in [0.717, 1.165) is 10.0 Å². The maximum atomic E-state index is 13.2. The molecule has 0 aliphatic rings. The Hall–Kier alpha value is -2.79. The number of nitrogens with zero attached hydrogens (tertiary/aromatic N) is 5. The number of hydrogen-bond donors (Lipinski definition) is 3. The highest BCUT2D eigenvalue weighted by Crippen LogP contribution is 2.38. The summed E-state index contributed by atoms with van der Waals surface area (Å²) in [4.78, 5) is 5.80. The molecular weight excluding hydrogens is 414 g/mol. The first kappa shape index (κ1) is 20.9. The van der Waals surface area contributed by atoms with E-state index in [1.165, 1.54) is 18.3 Å². The predicted molar refractivity (Wildman–Crippen MR) is 111 cm³/mol. The molecule has 0 fully saturated rings. The van der Waals surface area contributed by atoms with Gasteiger partial charge in [-0.2, -0.15) is 3.97 Å². The number of aromatic hydroxyl groups is 2. The Bertz CT molecular complexity index is 1160. The van der Waals surface area contributed by atoms with Crippen LogP contribution in [0, 0.1) is 0 Å². The summed E-state index contributed by atoms with van der Waals surface area (Å²) in [5.74, 6) is -0.0154. The van der Waals surface area contributed by atoms with E-state index in [1.54, 1.807) is 25.1 Å². The third-order valence-electron chi connectivity index (χ3n) is 4.33. The van der Waals surface area contributed by atoms with Crippen molar-refractivity contribution in [3.8, 4) is 22.9 Å². The predicted octanol–water partition coefficient (Wildman–Crippen LogP) is 2.47. The molecule has 0 aliphatic carbocycles. The minimum atomic E-state index is -4.15. The zero-order valence-electron chi connectivity index (χ0n) is 16.3. The molecule has 3 aromatic rings. The number of rotatable bonds is 5. The first-order chi connectivity index (χ1) is 13.5. The van der Waals surface area contributed by atoms with Crippen LogP contribution in [0.15, 0.2) is 40.5 Å². The van der Waals surface area contributed by atoms with Crippen LogP contribution in [0.3, 0.4) is 0 Å². The van der Waals surface area contributed by atoms with Crippen molar-refractivity contribution in [3.05, 3.63) is 36.0 Å². The van der Waals surface area contributed by atoms with E-state index in [4.69, 9.17) is 0 Å². The van der Waals surface area contributed by atoms with E-state index in [0.29, 0.717) is 11.4 Å². The molecule has 0 bridgehead atoms. The molecule has 0 aliphatic heterocycles. The summed E-state index contributed by atoms with van der Waals surface area (Å²) in [5.41, 5.74) is 0.642. The molecule has 154 valence electrons. The summed E-state index contributed by atoms with van der Waals surface area (Å²) in [6.45, 7) is 3.72. The molecule has 0 radical (unpaired) electrons. The van der Waals surface area contributed by atoms with Gasteiger partial charge in [-0.25, -0.2) is 13.4 Å². The first-order valence-corrected chi connectivity index (χ1v) is 10.5. The van der Waals surface area contributed by atoms with E-state index in [-0.39, 0.29) is 38.9 Å². The number of benzene rings is 1. The van der Waals surface area contributed by atoms with E-state index in [1.807, 2.05) is 13.8 Å². The Morgan fingerprint density at radius 3 is 2.34 bits per heavy atom. The Morgan fingerprint density at radius 1 is 1.10 bits per heavy atom. The maximum Gasteiger partial charge on any atom is 0.273 e. The van der Waals surface area contributed by atoms with Crippen LogP contribution < -0.4 is 4.90 Å². The van der Waals surface area contributed by atoms with Crippen molar-refractivity contribution in [2.75, 3.05) is 19.0 Å². The molecule has 0 spiro atoms. The molecular formula is C18H21N5O4S2. The second kappa shape index (κ2) is 7.56. The Labute approximate surface area is 174 Å². The number of phenolic OH excluding ortho intramolecular Hbond substituents is 2. The van der Waals surface area contributed by atoms with Crippen molar-refractivity contribution >= 4 is 28.5 Å². The topological polar surface area (TPSA) is 121 Å². The second-order valence-corrected chi connectivity index (χ2v) is 9.11. The number of phenols is 2. The van der Waals surface area contributed by atoms with E-state index in [9.17, 15) is 18.6 Å². The van der Waals surface area contributed by atoms with Crippen molar-refractivity contribution in [1.29, 1.82) is 0 Å². The lowest BCUT2D eigenvalue weighted by atomic mass is 9.98. The quantitative estimate of drug-likeness (QED) is 0.523. The summed E-state index contributed by atoms with van der Waals surface area (Å²) < 4.78 is 27.3. The van der Waals surface area contributed by atoms with Gasteiger partial charge in [0.25, 0.3) is 10.0 Å². The molecule has 2 heterocycles. The lowest BCUT2D eigenvalue weighted by Gasteiger charge is -2.15. The Kier molecular flexibility index (Phi) is 5.46. The molecule has 11 heteroatoms. The number of hydrogen-bond acceptors (Lipinski definition) is 9. The summed E-state index contributed by atoms with van der Waals surface area (Å²) in [6.07, 6.45) is 1.23. The number of thiol groups is 1. The largest absolute Gasteiger partial charge is 0.508 e. The lowest BCUT2D eigenvalue weighted by Crippen LogP contribution is -2.16. The van der Waals surface area contributed by atoms with Crippen LogP contribution in [0.25, 0.3) is 11.4 Å². The zero-order chi connectivity index (χ0) is 21.5. The molecule has 0 saturated heterocycles. The lowest BCUT2D eigenvalue weighted by molar-refractivity contribution is 0.445. The van der Waals surface area contributed by atoms with Crippen LogP contribution in [0.1, 0.15) is 25.3 Å². The highest BCUT2D eigenvalue weighted by Gasteiger charge is 2.28. The molecule has 0 atom stereocenters. The van der Waals surface area contributed by atoms with Gasteiger partial charge in [0.15, 0.2) is 5.82 Å². The van der Waals surface area contributed by atoms with E-state index >= 15 is 0 Å². The fourth-order valence-corrected chi connectivity index (χ4v) is 4.50. The Balaban J connectivity index is 2.19. The third-order valence-corrected chi connectivity index (χ3v) is 6.42. The monoisotopic (exact) mass is 435 g/mol. The van der Waals surface area contributed by atoms with Crippen molar-refractivity contribution in [2.24, 2.45) is 0 Å². The van der Waals surface area contributed by atoms with E-state index < -0.39 is 10.0 Å². The molecule has 9 nitrogen and oxygen atoms in total. The van der Waals surface area contributed by atoms with Crippen molar-refractivity contribution < 1.29 is 18.6 Å². The van der Waals surface area contributed by atoms with Gasteiger partial charge in [0.05, 0.1) is 5.56 Å². The fraction of sp³-hybridized carbons (Fsp3) is 0.278. The normalized spacial score (nSPS) is 11.8.